The number of rotatable bonds is 4. The molecule has 0 spiro atoms. The van der Waals surface area contributed by atoms with Crippen LogP contribution in [0.3, 0.4) is 0 Å². The minimum atomic E-state index is -0.123. The molecule has 0 atom stereocenters. The summed E-state index contributed by atoms with van der Waals surface area (Å²) < 4.78 is 5.33. The van der Waals surface area contributed by atoms with Gasteiger partial charge >= 0.3 is 0 Å². The van der Waals surface area contributed by atoms with Crippen molar-refractivity contribution in [3.05, 3.63) is 50.9 Å². The predicted octanol–water partition coefficient (Wildman–Crippen LogP) is 4.34. The third-order valence-electron chi connectivity index (χ3n) is 2.32. The fourth-order valence-electron chi connectivity index (χ4n) is 1.49. The van der Waals surface area contributed by atoms with Crippen LogP contribution in [0, 0.1) is 0 Å². The molecule has 2 aromatic rings. The van der Waals surface area contributed by atoms with E-state index in [1.165, 1.54) is 0 Å². The van der Waals surface area contributed by atoms with Gasteiger partial charge in [0.15, 0.2) is 0 Å². The molecular formula is C12H10Cl3NO2. The van der Waals surface area contributed by atoms with Gasteiger partial charge in [0, 0.05) is 5.02 Å². The van der Waals surface area contributed by atoms with Crippen molar-refractivity contribution in [3.63, 3.8) is 0 Å². The first-order valence-electron chi connectivity index (χ1n) is 5.17. The molecule has 3 nitrogen and oxygen atoms in total. The summed E-state index contributed by atoms with van der Waals surface area (Å²) in [6.07, 6.45) is 0. The molecule has 0 fully saturated rings. The Labute approximate surface area is 119 Å². The van der Waals surface area contributed by atoms with Crippen molar-refractivity contribution in [2.45, 2.75) is 13.2 Å². The van der Waals surface area contributed by atoms with E-state index in [4.69, 9.17) is 44.3 Å². The van der Waals surface area contributed by atoms with E-state index in [9.17, 15) is 0 Å². The number of aliphatic hydroxyl groups is 1. The number of hydrogen-bond acceptors (Lipinski definition) is 3. The first-order chi connectivity index (χ1) is 8.60. The van der Waals surface area contributed by atoms with Gasteiger partial charge in [-0.25, -0.2) is 0 Å². The molecule has 1 aromatic heterocycles. The van der Waals surface area contributed by atoms with Crippen molar-refractivity contribution >= 4 is 40.5 Å². The molecule has 2 N–H and O–H groups in total. The zero-order valence-electron chi connectivity index (χ0n) is 9.21. The summed E-state index contributed by atoms with van der Waals surface area (Å²) in [5.74, 6) is 1.20. The van der Waals surface area contributed by atoms with Crippen LogP contribution in [-0.2, 0) is 13.2 Å². The van der Waals surface area contributed by atoms with Crippen LogP contribution in [0.4, 0.5) is 5.69 Å². The van der Waals surface area contributed by atoms with E-state index in [1.54, 1.807) is 24.3 Å². The summed E-state index contributed by atoms with van der Waals surface area (Å²) in [5.41, 5.74) is 0.602. The lowest BCUT2D eigenvalue weighted by Gasteiger charge is -2.09. The zero-order chi connectivity index (χ0) is 13.1. The summed E-state index contributed by atoms with van der Waals surface area (Å²) in [4.78, 5) is 0. The van der Waals surface area contributed by atoms with Gasteiger partial charge in [-0.05, 0) is 24.3 Å². The van der Waals surface area contributed by atoms with Gasteiger partial charge in [-0.15, -0.1) is 0 Å². The van der Waals surface area contributed by atoms with E-state index in [1.807, 2.05) is 0 Å². The summed E-state index contributed by atoms with van der Waals surface area (Å²) >= 11 is 17.9. The van der Waals surface area contributed by atoms with Gasteiger partial charge in [0.05, 0.1) is 22.3 Å². The summed E-state index contributed by atoms with van der Waals surface area (Å²) in [6, 6.07) is 6.70. The van der Waals surface area contributed by atoms with E-state index in [0.29, 0.717) is 38.8 Å². The molecule has 0 amide bonds. The Morgan fingerprint density at radius 2 is 1.67 bits per heavy atom. The van der Waals surface area contributed by atoms with Crippen molar-refractivity contribution in [2.75, 3.05) is 5.32 Å². The van der Waals surface area contributed by atoms with Gasteiger partial charge in [0.25, 0.3) is 0 Å². The van der Waals surface area contributed by atoms with Crippen LogP contribution in [0.5, 0.6) is 0 Å². The summed E-state index contributed by atoms with van der Waals surface area (Å²) in [6.45, 7) is 0.295. The maximum absolute atomic E-state index is 8.88. The largest absolute Gasteiger partial charge is 0.462 e. The summed E-state index contributed by atoms with van der Waals surface area (Å²) in [5, 5.41) is 13.3. The molecule has 1 aromatic carbocycles. The Morgan fingerprint density at radius 1 is 1.06 bits per heavy atom. The quantitative estimate of drug-likeness (QED) is 0.883. The van der Waals surface area contributed by atoms with Gasteiger partial charge in [-0.2, -0.15) is 0 Å². The van der Waals surface area contributed by atoms with Gasteiger partial charge in [-0.1, -0.05) is 34.8 Å². The monoisotopic (exact) mass is 305 g/mol. The lowest BCUT2D eigenvalue weighted by atomic mass is 10.3. The Morgan fingerprint density at radius 3 is 2.22 bits per heavy atom. The highest BCUT2D eigenvalue weighted by Crippen LogP contribution is 2.33. The number of nitrogens with one attached hydrogen (secondary N) is 1. The molecule has 18 heavy (non-hydrogen) atoms. The third-order valence-corrected chi connectivity index (χ3v) is 3.13. The Hall–Kier alpha value is -0.870. The van der Waals surface area contributed by atoms with Crippen LogP contribution in [0.2, 0.25) is 15.1 Å². The summed E-state index contributed by atoms with van der Waals surface area (Å²) in [7, 11) is 0. The van der Waals surface area contributed by atoms with Crippen LogP contribution in [-0.4, -0.2) is 5.11 Å². The van der Waals surface area contributed by atoms with Crippen molar-refractivity contribution in [3.8, 4) is 0 Å². The third kappa shape index (κ3) is 3.12. The second-order valence-corrected chi connectivity index (χ2v) is 4.87. The van der Waals surface area contributed by atoms with E-state index in [-0.39, 0.29) is 6.61 Å². The maximum Gasteiger partial charge on any atom is 0.129 e. The SMILES string of the molecule is OCc1ccc(CNc2c(Cl)cc(Cl)cc2Cl)o1. The standard InChI is InChI=1S/C12H10Cl3NO2/c13-7-3-10(14)12(11(15)4-7)16-5-8-1-2-9(6-17)18-8/h1-4,16-17H,5-6H2. The number of halogens is 3. The average molecular weight is 307 g/mol. The first-order valence-corrected chi connectivity index (χ1v) is 6.30. The molecule has 6 heteroatoms. The number of aliphatic hydroxyl groups excluding tert-OH is 1. The Balaban J connectivity index is 2.10. The fourth-order valence-corrected chi connectivity index (χ4v) is 2.44. The lowest BCUT2D eigenvalue weighted by molar-refractivity contribution is 0.244. The molecule has 0 saturated heterocycles. The van der Waals surface area contributed by atoms with Gasteiger partial charge in [-0.3, -0.25) is 0 Å². The number of anilines is 1. The van der Waals surface area contributed by atoms with Crippen LogP contribution in [0.1, 0.15) is 11.5 Å². The normalized spacial score (nSPS) is 10.7. The lowest BCUT2D eigenvalue weighted by Crippen LogP contribution is -1.99. The molecule has 0 bridgehead atoms. The smallest absolute Gasteiger partial charge is 0.129 e. The molecular weight excluding hydrogens is 296 g/mol. The molecule has 0 radical (unpaired) electrons. The minimum absolute atomic E-state index is 0.123. The number of hydrogen-bond donors (Lipinski definition) is 2. The minimum Gasteiger partial charge on any atom is -0.462 e. The molecule has 96 valence electrons. The van der Waals surface area contributed by atoms with Crippen LogP contribution in [0.25, 0.3) is 0 Å². The molecule has 0 unspecified atom stereocenters. The number of benzene rings is 1. The maximum atomic E-state index is 8.88. The topological polar surface area (TPSA) is 45.4 Å². The predicted molar refractivity (Wildman–Crippen MR) is 73.4 cm³/mol. The van der Waals surface area contributed by atoms with Crippen molar-refractivity contribution in [1.29, 1.82) is 0 Å². The Kier molecular flexibility index (Phi) is 4.40. The van der Waals surface area contributed by atoms with Gasteiger partial charge in [0.2, 0.25) is 0 Å². The van der Waals surface area contributed by atoms with E-state index < -0.39 is 0 Å². The highest BCUT2D eigenvalue weighted by molar-refractivity contribution is 6.41. The van der Waals surface area contributed by atoms with E-state index >= 15 is 0 Å². The first kappa shape index (κ1) is 13.6. The zero-order valence-corrected chi connectivity index (χ0v) is 11.5. The molecule has 0 aliphatic carbocycles. The second-order valence-electron chi connectivity index (χ2n) is 3.62. The molecule has 2 rings (SSSR count). The Bertz CT molecular complexity index is 531. The van der Waals surface area contributed by atoms with E-state index in [0.717, 1.165) is 0 Å². The molecule has 1 heterocycles. The second kappa shape index (κ2) is 5.85. The molecule has 0 aliphatic rings. The van der Waals surface area contributed by atoms with Crippen molar-refractivity contribution in [2.24, 2.45) is 0 Å². The van der Waals surface area contributed by atoms with Crippen LogP contribution < -0.4 is 5.32 Å². The van der Waals surface area contributed by atoms with Gasteiger partial charge in [0.1, 0.15) is 18.1 Å². The highest BCUT2D eigenvalue weighted by Gasteiger charge is 2.08. The van der Waals surface area contributed by atoms with E-state index in [2.05, 4.69) is 5.32 Å². The molecule has 0 aliphatic heterocycles. The van der Waals surface area contributed by atoms with Crippen molar-refractivity contribution in [1.82, 2.24) is 0 Å². The number of furan rings is 1. The fraction of sp³-hybridized carbons (Fsp3) is 0.167. The van der Waals surface area contributed by atoms with Crippen LogP contribution in [0.15, 0.2) is 28.7 Å². The van der Waals surface area contributed by atoms with Crippen LogP contribution >= 0.6 is 34.8 Å². The highest BCUT2D eigenvalue weighted by atomic mass is 35.5. The van der Waals surface area contributed by atoms with Crippen molar-refractivity contribution < 1.29 is 9.52 Å². The average Bonchev–Trinajstić information content (AvgIpc) is 2.75. The van der Waals surface area contributed by atoms with Gasteiger partial charge < -0.3 is 14.8 Å². The molecule has 0 saturated carbocycles.